The topological polar surface area (TPSA) is 49.3 Å². The summed E-state index contributed by atoms with van der Waals surface area (Å²) in [6.45, 7) is 4.33. The number of nitrogens with one attached hydrogen (secondary N) is 1. The van der Waals surface area contributed by atoms with Crippen molar-refractivity contribution in [3.63, 3.8) is 0 Å². The van der Waals surface area contributed by atoms with Crippen LogP contribution in [0.5, 0.6) is 0 Å². The fourth-order valence-electron chi connectivity index (χ4n) is 2.42. The number of anilines is 1. The van der Waals surface area contributed by atoms with Crippen molar-refractivity contribution in [2.24, 2.45) is 5.92 Å². The summed E-state index contributed by atoms with van der Waals surface area (Å²) in [7, 11) is 0. The first-order valence-corrected chi connectivity index (χ1v) is 7.21. The van der Waals surface area contributed by atoms with Gasteiger partial charge in [-0.1, -0.05) is 56.3 Å². The highest BCUT2D eigenvalue weighted by Gasteiger charge is 2.16. The van der Waals surface area contributed by atoms with Gasteiger partial charge in [0.1, 0.15) is 0 Å². The van der Waals surface area contributed by atoms with Crippen molar-refractivity contribution < 1.29 is 9.90 Å². The number of para-hydroxylation sites is 1. The van der Waals surface area contributed by atoms with E-state index >= 15 is 0 Å². The third kappa shape index (κ3) is 4.09. The van der Waals surface area contributed by atoms with Crippen molar-refractivity contribution in [2.45, 2.75) is 26.3 Å². The average Bonchev–Trinajstić information content (AvgIpc) is 2.47. The molecule has 0 amide bonds. The highest BCUT2D eigenvalue weighted by Crippen LogP contribution is 2.27. The van der Waals surface area contributed by atoms with E-state index in [-0.39, 0.29) is 6.04 Å². The van der Waals surface area contributed by atoms with Gasteiger partial charge in [0.25, 0.3) is 0 Å². The van der Waals surface area contributed by atoms with Gasteiger partial charge in [-0.25, -0.2) is 4.79 Å². The molecule has 110 valence electrons. The van der Waals surface area contributed by atoms with E-state index < -0.39 is 5.97 Å². The molecule has 2 rings (SSSR count). The van der Waals surface area contributed by atoms with E-state index in [9.17, 15) is 9.90 Å². The van der Waals surface area contributed by atoms with Gasteiger partial charge in [-0.05, 0) is 30.0 Å². The molecule has 0 fully saturated rings. The summed E-state index contributed by atoms with van der Waals surface area (Å²) >= 11 is 0. The van der Waals surface area contributed by atoms with Gasteiger partial charge in [-0.2, -0.15) is 0 Å². The molecule has 0 spiro atoms. The van der Waals surface area contributed by atoms with Crippen LogP contribution in [0.15, 0.2) is 54.6 Å². The van der Waals surface area contributed by atoms with Gasteiger partial charge in [0.2, 0.25) is 0 Å². The Balaban J connectivity index is 2.30. The molecule has 0 saturated carbocycles. The van der Waals surface area contributed by atoms with Crippen LogP contribution in [0.4, 0.5) is 5.69 Å². The summed E-state index contributed by atoms with van der Waals surface area (Å²) in [4.78, 5) is 11.3. The van der Waals surface area contributed by atoms with Crippen LogP contribution in [0, 0.1) is 5.92 Å². The van der Waals surface area contributed by atoms with Gasteiger partial charge in [0, 0.05) is 5.69 Å². The Bertz CT molecular complexity index is 593. The molecule has 3 nitrogen and oxygen atoms in total. The van der Waals surface area contributed by atoms with Gasteiger partial charge in [-0.3, -0.25) is 0 Å². The quantitative estimate of drug-likeness (QED) is 0.815. The first-order chi connectivity index (χ1) is 10.1. The van der Waals surface area contributed by atoms with E-state index in [4.69, 9.17) is 0 Å². The van der Waals surface area contributed by atoms with Crippen LogP contribution < -0.4 is 5.32 Å². The van der Waals surface area contributed by atoms with Crippen LogP contribution in [-0.2, 0) is 0 Å². The first-order valence-electron chi connectivity index (χ1n) is 7.21. The zero-order valence-corrected chi connectivity index (χ0v) is 12.4. The molecule has 0 aliphatic heterocycles. The fraction of sp³-hybridized carbons (Fsp3) is 0.278. The number of carboxylic acids is 1. The standard InChI is InChI=1S/C18H21NO2/c1-13(2)12-17(14-8-4-3-5-9-14)19-16-11-7-6-10-15(16)18(20)21/h3-11,13,17,19H,12H2,1-2H3,(H,20,21). The monoisotopic (exact) mass is 283 g/mol. The zero-order chi connectivity index (χ0) is 15.2. The Kier molecular flexibility index (Phi) is 4.99. The molecule has 1 atom stereocenters. The fourth-order valence-corrected chi connectivity index (χ4v) is 2.42. The minimum atomic E-state index is -0.908. The molecule has 2 N–H and O–H groups in total. The summed E-state index contributed by atoms with van der Waals surface area (Å²) in [6.07, 6.45) is 0.942. The molecule has 0 aliphatic rings. The van der Waals surface area contributed by atoms with Crippen molar-refractivity contribution >= 4 is 11.7 Å². The van der Waals surface area contributed by atoms with Gasteiger partial charge in [0.15, 0.2) is 0 Å². The first kappa shape index (κ1) is 15.1. The average molecular weight is 283 g/mol. The normalized spacial score (nSPS) is 12.1. The maximum Gasteiger partial charge on any atom is 0.337 e. The molecule has 3 heteroatoms. The highest BCUT2D eigenvalue weighted by molar-refractivity contribution is 5.94. The third-order valence-electron chi connectivity index (χ3n) is 3.40. The number of aromatic carboxylic acids is 1. The van der Waals surface area contributed by atoms with Crippen LogP contribution in [0.3, 0.4) is 0 Å². The molecule has 2 aromatic carbocycles. The molecular weight excluding hydrogens is 262 g/mol. The van der Waals surface area contributed by atoms with E-state index in [2.05, 4.69) is 31.3 Å². The second kappa shape index (κ2) is 6.93. The van der Waals surface area contributed by atoms with E-state index in [0.29, 0.717) is 17.2 Å². The third-order valence-corrected chi connectivity index (χ3v) is 3.40. The van der Waals surface area contributed by atoms with Gasteiger partial charge in [0.05, 0.1) is 11.6 Å². The SMILES string of the molecule is CC(C)CC(Nc1ccccc1C(=O)O)c1ccccc1. The predicted octanol–water partition coefficient (Wildman–Crippen LogP) is 4.58. The van der Waals surface area contributed by atoms with E-state index in [1.54, 1.807) is 12.1 Å². The van der Waals surface area contributed by atoms with Crippen LogP contribution in [0.25, 0.3) is 0 Å². The molecule has 1 unspecified atom stereocenters. The highest BCUT2D eigenvalue weighted by atomic mass is 16.4. The number of hydrogen-bond acceptors (Lipinski definition) is 2. The lowest BCUT2D eigenvalue weighted by Gasteiger charge is -2.23. The number of carboxylic acid groups (broad SMARTS) is 1. The summed E-state index contributed by atoms with van der Waals surface area (Å²) in [5.74, 6) is -0.394. The van der Waals surface area contributed by atoms with Crippen LogP contribution in [0.2, 0.25) is 0 Å². The van der Waals surface area contributed by atoms with Crippen molar-refractivity contribution in [3.05, 3.63) is 65.7 Å². The largest absolute Gasteiger partial charge is 0.478 e. The molecule has 0 bridgehead atoms. The lowest BCUT2D eigenvalue weighted by atomic mass is 9.96. The number of benzene rings is 2. The smallest absolute Gasteiger partial charge is 0.337 e. The molecule has 0 saturated heterocycles. The molecule has 0 aromatic heterocycles. The number of rotatable bonds is 6. The summed E-state index contributed by atoms with van der Waals surface area (Å²) in [6, 6.07) is 17.3. The Morgan fingerprint density at radius 1 is 1.05 bits per heavy atom. The molecule has 2 aromatic rings. The van der Waals surface area contributed by atoms with Crippen molar-refractivity contribution in [1.82, 2.24) is 0 Å². The van der Waals surface area contributed by atoms with Crippen molar-refractivity contribution in [3.8, 4) is 0 Å². The van der Waals surface area contributed by atoms with E-state index in [1.165, 1.54) is 5.56 Å². The van der Waals surface area contributed by atoms with E-state index in [0.717, 1.165) is 6.42 Å². The van der Waals surface area contributed by atoms with Crippen LogP contribution >= 0.6 is 0 Å². The maximum absolute atomic E-state index is 11.3. The Labute approximate surface area is 125 Å². The summed E-state index contributed by atoms with van der Waals surface area (Å²) in [5.41, 5.74) is 2.15. The predicted molar refractivity (Wildman–Crippen MR) is 85.7 cm³/mol. The van der Waals surface area contributed by atoms with E-state index in [1.807, 2.05) is 30.3 Å². The van der Waals surface area contributed by atoms with Crippen LogP contribution in [-0.4, -0.2) is 11.1 Å². The Morgan fingerprint density at radius 2 is 1.67 bits per heavy atom. The van der Waals surface area contributed by atoms with Gasteiger partial charge in [-0.15, -0.1) is 0 Å². The molecule has 0 radical (unpaired) electrons. The zero-order valence-electron chi connectivity index (χ0n) is 12.4. The molecule has 0 aliphatic carbocycles. The number of carbonyl (C=O) groups is 1. The van der Waals surface area contributed by atoms with Gasteiger partial charge < -0.3 is 10.4 Å². The minimum Gasteiger partial charge on any atom is -0.478 e. The molecule has 21 heavy (non-hydrogen) atoms. The van der Waals surface area contributed by atoms with Crippen molar-refractivity contribution in [2.75, 3.05) is 5.32 Å². The van der Waals surface area contributed by atoms with Crippen LogP contribution in [0.1, 0.15) is 42.2 Å². The van der Waals surface area contributed by atoms with Crippen molar-refractivity contribution in [1.29, 1.82) is 0 Å². The summed E-state index contributed by atoms with van der Waals surface area (Å²) < 4.78 is 0. The molecule has 0 heterocycles. The van der Waals surface area contributed by atoms with Gasteiger partial charge >= 0.3 is 5.97 Å². The number of hydrogen-bond donors (Lipinski definition) is 2. The minimum absolute atomic E-state index is 0.103. The molecular formula is C18H21NO2. The lowest BCUT2D eigenvalue weighted by Crippen LogP contribution is -2.15. The maximum atomic E-state index is 11.3. The lowest BCUT2D eigenvalue weighted by molar-refractivity contribution is 0.0698. The summed E-state index contributed by atoms with van der Waals surface area (Å²) in [5, 5.41) is 12.7. The second-order valence-corrected chi connectivity index (χ2v) is 5.59. The second-order valence-electron chi connectivity index (χ2n) is 5.59. The Morgan fingerprint density at radius 3 is 2.29 bits per heavy atom. The Hall–Kier alpha value is -2.29.